The van der Waals surface area contributed by atoms with Gasteiger partial charge >= 0.3 is 0 Å². The lowest BCUT2D eigenvalue weighted by Gasteiger charge is -2.20. The Morgan fingerprint density at radius 1 is 1.21 bits per heavy atom. The maximum absolute atomic E-state index is 9.31. The molecule has 3 nitrogen and oxygen atoms in total. The van der Waals surface area contributed by atoms with Crippen LogP contribution in [0.5, 0.6) is 5.75 Å². The normalized spacial score (nSPS) is 13.6. The number of nitrogens with zero attached hydrogens (tertiary/aromatic N) is 1. The summed E-state index contributed by atoms with van der Waals surface area (Å²) in [6, 6.07) is 11.7. The SMILES string of the molecule is Cc1cc2c(cc1N)N(Cc1ccc(O)cc1)CC2. The summed E-state index contributed by atoms with van der Waals surface area (Å²) in [4.78, 5) is 2.34. The van der Waals surface area contributed by atoms with Gasteiger partial charge in [0, 0.05) is 24.5 Å². The molecule has 0 atom stereocenters. The molecule has 3 N–H and O–H groups in total. The van der Waals surface area contributed by atoms with Crippen LogP contribution in [0.2, 0.25) is 0 Å². The van der Waals surface area contributed by atoms with E-state index in [0.29, 0.717) is 5.75 Å². The number of phenols is 1. The van der Waals surface area contributed by atoms with Crippen molar-refractivity contribution in [3.8, 4) is 5.75 Å². The summed E-state index contributed by atoms with van der Waals surface area (Å²) in [5.74, 6) is 0.311. The van der Waals surface area contributed by atoms with Gasteiger partial charge in [0.1, 0.15) is 5.75 Å². The summed E-state index contributed by atoms with van der Waals surface area (Å²) in [6.07, 6.45) is 1.08. The van der Waals surface area contributed by atoms with Crippen molar-refractivity contribution in [2.45, 2.75) is 19.9 Å². The second-order valence-corrected chi connectivity index (χ2v) is 5.18. The molecule has 0 radical (unpaired) electrons. The molecule has 0 unspecified atom stereocenters. The molecule has 1 aliphatic heterocycles. The fraction of sp³-hybridized carbons (Fsp3) is 0.250. The van der Waals surface area contributed by atoms with Gasteiger partial charge < -0.3 is 15.7 Å². The zero-order valence-corrected chi connectivity index (χ0v) is 11.1. The van der Waals surface area contributed by atoms with Crippen molar-refractivity contribution in [1.29, 1.82) is 0 Å². The maximum Gasteiger partial charge on any atom is 0.115 e. The number of nitrogen functional groups attached to an aromatic ring is 1. The summed E-state index contributed by atoms with van der Waals surface area (Å²) in [7, 11) is 0. The highest BCUT2D eigenvalue weighted by Crippen LogP contribution is 2.33. The molecule has 2 aromatic rings. The van der Waals surface area contributed by atoms with E-state index in [1.807, 2.05) is 12.1 Å². The van der Waals surface area contributed by atoms with Crippen LogP contribution in [0, 0.1) is 6.92 Å². The maximum atomic E-state index is 9.31. The van der Waals surface area contributed by atoms with E-state index in [1.165, 1.54) is 16.8 Å². The molecule has 2 aromatic carbocycles. The minimum atomic E-state index is 0.311. The third-order valence-corrected chi connectivity index (χ3v) is 3.77. The van der Waals surface area contributed by atoms with Gasteiger partial charge in [-0.05, 0) is 48.2 Å². The molecule has 0 spiro atoms. The highest BCUT2D eigenvalue weighted by Gasteiger charge is 2.20. The molecule has 0 saturated heterocycles. The summed E-state index contributed by atoms with van der Waals surface area (Å²) >= 11 is 0. The monoisotopic (exact) mass is 254 g/mol. The summed E-state index contributed by atoms with van der Waals surface area (Å²) in [5, 5.41) is 9.31. The first-order chi connectivity index (χ1) is 9.13. The van der Waals surface area contributed by atoms with E-state index < -0.39 is 0 Å². The molecule has 0 aromatic heterocycles. The Labute approximate surface area is 113 Å². The Kier molecular flexibility index (Phi) is 2.82. The van der Waals surface area contributed by atoms with Crippen LogP contribution in [-0.2, 0) is 13.0 Å². The zero-order chi connectivity index (χ0) is 13.4. The number of hydrogen-bond acceptors (Lipinski definition) is 3. The fourth-order valence-electron chi connectivity index (χ4n) is 2.63. The highest BCUT2D eigenvalue weighted by atomic mass is 16.3. The lowest BCUT2D eigenvalue weighted by Crippen LogP contribution is -2.19. The Morgan fingerprint density at radius 2 is 1.95 bits per heavy atom. The van der Waals surface area contributed by atoms with Crippen molar-refractivity contribution in [3.63, 3.8) is 0 Å². The molecular formula is C16H18N2O. The first-order valence-corrected chi connectivity index (χ1v) is 6.55. The summed E-state index contributed by atoms with van der Waals surface area (Å²) in [5.41, 5.74) is 11.8. The lowest BCUT2D eigenvalue weighted by atomic mass is 10.1. The number of phenolic OH excluding ortho intramolecular Hbond substituents is 1. The van der Waals surface area contributed by atoms with Crippen LogP contribution in [0.15, 0.2) is 36.4 Å². The van der Waals surface area contributed by atoms with Crippen LogP contribution in [0.25, 0.3) is 0 Å². The van der Waals surface area contributed by atoms with Gasteiger partial charge in [0.15, 0.2) is 0 Å². The number of anilines is 2. The molecule has 0 bridgehead atoms. The first kappa shape index (κ1) is 11.9. The zero-order valence-electron chi connectivity index (χ0n) is 11.1. The largest absolute Gasteiger partial charge is 0.508 e. The molecule has 0 saturated carbocycles. The molecule has 3 heteroatoms. The predicted octanol–water partition coefficient (Wildman–Crippen LogP) is 2.85. The number of hydrogen-bond donors (Lipinski definition) is 2. The number of aromatic hydroxyl groups is 1. The topological polar surface area (TPSA) is 49.5 Å². The molecule has 0 aliphatic carbocycles. The second kappa shape index (κ2) is 4.50. The Balaban J connectivity index is 1.86. The van der Waals surface area contributed by atoms with Crippen LogP contribution < -0.4 is 10.6 Å². The molecule has 98 valence electrons. The van der Waals surface area contributed by atoms with Gasteiger partial charge in [-0.25, -0.2) is 0 Å². The van der Waals surface area contributed by atoms with Gasteiger partial charge in [-0.2, -0.15) is 0 Å². The third kappa shape index (κ3) is 2.24. The summed E-state index contributed by atoms with van der Waals surface area (Å²) < 4.78 is 0. The van der Waals surface area contributed by atoms with Crippen molar-refractivity contribution in [2.24, 2.45) is 0 Å². The minimum Gasteiger partial charge on any atom is -0.508 e. The van der Waals surface area contributed by atoms with E-state index in [-0.39, 0.29) is 0 Å². The van der Waals surface area contributed by atoms with Gasteiger partial charge in [0.25, 0.3) is 0 Å². The smallest absolute Gasteiger partial charge is 0.115 e. The number of rotatable bonds is 2. The molecule has 19 heavy (non-hydrogen) atoms. The van der Waals surface area contributed by atoms with E-state index in [0.717, 1.165) is 30.8 Å². The van der Waals surface area contributed by atoms with E-state index in [9.17, 15) is 5.11 Å². The Morgan fingerprint density at radius 3 is 2.68 bits per heavy atom. The molecule has 0 amide bonds. The van der Waals surface area contributed by atoms with E-state index in [4.69, 9.17) is 5.73 Å². The lowest BCUT2D eigenvalue weighted by molar-refractivity contribution is 0.475. The third-order valence-electron chi connectivity index (χ3n) is 3.77. The van der Waals surface area contributed by atoms with Crippen molar-refractivity contribution in [3.05, 3.63) is 53.1 Å². The van der Waals surface area contributed by atoms with E-state index in [1.54, 1.807) is 12.1 Å². The van der Waals surface area contributed by atoms with Crippen LogP contribution in [0.3, 0.4) is 0 Å². The van der Waals surface area contributed by atoms with Crippen molar-refractivity contribution >= 4 is 11.4 Å². The number of aryl methyl sites for hydroxylation is 1. The van der Waals surface area contributed by atoms with Gasteiger partial charge in [-0.1, -0.05) is 18.2 Å². The van der Waals surface area contributed by atoms with Crippen molar-refractivity contribution in [1.82, 2.24) is 0 Å². The second-order valence-electron chi connectivity index (χ2n) is 5.18. The predicted molar refractivity (Wildman–Crippen MR) is 78.5 cm³/mol. The average Bonchev–Trinajstić information content (AvgIpc) is 2.76. The van der Waals surface area contributed by atoms with Crippen LogP contribution in [0.1, 0.15) is 16.7 Å². The van der Waals surface area contributed by atoms with Gasteiger partial charge in [0.2, 0.25) is 0 Å². The first-order valence-electron chi connectivity index (χ1n) is 6.55. The van der Waals surface area contributed by atoms with Crippen LogP contribution >= 0.6 is 0 Å². The number of nitrogens with two attached hydrogens (primary N) is 1. The number of benzene rings is 2. The van der Waals surface area contributed by atoms with Gasteiger partial charge in [0.05, 0.1) is 0 Å². The average molecular weight is 254 g/mol. The summed E-state index contributed by atoms with van der Waals surface area (Å²) in [6.45, 7) is 3.94. The molecular weight excluding hydrogens is 236 g/mol. The van der Waals surface area contributed by atoms with Gasteiger partial charge in [-0.3, -0.25) is 0 Å². The number of fused-ring (bicyclic) bond motifs is 1. The quantitative estimate of drug-likeness (QED) is 0.810. The highest BCUT2D eigenvalue weighted by molar-refractivity contribution is 5.67. The van der Waals surface area contributed by atoms with Crippen LogP contribution in [-0.4, -0.2) is 11.7 Å². The minimum absolute atomic E-state index is 0.311. The van der Waals surface area contributed by atoms with Crippen molar-refractivity contribution in [2.75, 3.05) is 17.2 Å². The van der Waals surface area contributed by atoms with E-state index in [2.05, 4.69) is 24.0 Å². The standard InChI is InChI=1S/C16H18N2O/c1-11-8-13-6-7-18(16(13)9-15(11)17)10-12-2-4-14(19)5-3-12/h2-5,8-9,19H,6-7,10,17H2,1H3. The Hall–Kier alpha value is -2.16. The Bertz CT molecular complexity index is 605. The molecule has 0 fully saturated rings. The molecule has 1 aliphatic rings. The van der Waals surface area contributed by atoms with Crippen molar-refractivity contribution < 1.29 is 5.11 Å². The van der Waals surface area contributed by atoms with Gasteiger partial charge in [-0.15, -0.1) is 0 Å². The van der Waals surface area contributed by atoms with E-state index >= 15 is 0 Å². The fourth-order valence-corrected chi connectivity index (χ4v) is 2.63. The molecule has 3 rings (SSSR count). The van der Waals surface area contributed by atoms with Crippen LogP contribution in [0.4, 0.5) is 11.4 Å². The molecule has 1 heterocycles.